The van der Waals surface area contributed by atoms with Crippen molar-refractivity contribution >= 4 is 11.7 Å². The SMILES string of the molecule is CCN(C(=O)Nc1c(OC)nn(C)c1C)[C@@H]1COC[C@H]1O. The summed E-state index contributed by atoms with van der Waals surface area (Å²) >= 11 is 0. The number of aromatic nitrogens is 2. The minimum atomic E-state index is -0.660. The van der Waals surface area contributed by atoms with E-state index in [0.29, 0.717) is 24.7 Å². The molecule has 2 heterocycles. The topological polar surface area (TPSA) is 88.9 Å². The van der Waals surface area contributed by atoms with Gasteiger partial charge in [-0.2, -0.15) is 0 Å². The number of hydrogen-bond donors (Lipinski definition) is 2. The van der Waals surface area contributed by atoms with E-state index in [2.05, 4.69) is 10.4 Å². The number of urea groups is 1. The van der Waals surface area contributed by atoms with E-state index in [9.17, 15) is 9.90 Å². The third-order valence-electron chi connectivity index (χ3n) is 3.75. The Morgan fingerprint density at radius 1 is 1.62 bits per heavy atom. The zero-order valence-corrected chi connectivity index (χ0v) is 12.8. The molecule has 0 bridgehead atoms. The van der Waals surface area contributed by atoms with Gasteiger partial charge in [-0.15, -0.1) is 5.10 Å². The van der Waals surface area contributed by atoms with Gasteiger partial charge >= 0.3 is 6.03 Å². The number of methoxy groups -OCH3 is 1. The summed E-state index contributed by atoms with van der Waals surface area (Å²) in [4.78, 5) is 14.0. The van der Waals surface area contributed by atoms with E-state index in [-0.39, 0.29) is 18.7 Å². The first-order valence-corrected chi connectivity index (χ1v) is 6.90. The average Bonchev–Trinajstić information content (AvgIpc) is 2.99. The van der Waals surface area contributed by atoms with Crippen LogP contribution >= 0.6 is 0 Å². The number of aryl methyl sites for hydroxylation is 1. The molecule has 1 aromatic rings. The van der Waals surface area contributed by atoms with Gasteiger partial charge in [0.2, 0.25) is 0 Å². The molecule has 2 amide bonds. The van der Waals surface area contributed by atoms with Gasteiger partial charge in [-0.25, -0.2) is 4.79 Å². The molecular weight excluding hydrogens is 276 g/mol. The molecule has 8 heteroatoms. The zero-order valence-electron chi connectivity index (χ0n) is 12.8. The fraction of sp³-hybridized carbons (Fsp3) is 0.692. The number of nitrogens with zero attached hydrogens (tertiary/aromatic N) is 3. The Hall–Kier alpha value is -1.80. The molecule has 8 nitrogen and oxygen atoms in total. The molecular formula is C13H22N4O4. The van der Waals surface area contributed by atoms with E-state index in [0.717, 1.165) is 5.69 Å². The van der Waals surface area contributed by atoms with Gasteiger partial charge in [0, 0.05) is 13.6 Å². The standard InChI is InChI=1S/C13H22N4O4/c1-5-17(9-6-21-7-10(9)18)13(19)14-11-8(2)16(3)15-12(11)20-4/h9-10,18H,5-7H2,1-4H3,(H,14,19)/t9-,10-/m1/s1. The number of rotatable bonds is 4. The summed E-state index contributed by atoms with van der Waals surface area (Å²) in [6.45, 7) is 4.76. The third kappa shape index (κ3) is 2.96. The van der Waals surface area contributed by atoms with Crippen LogP contribution in [0, 0.1) is 6.92 Å². The molecule has 1 fully saturated rings. The quantitative estimate of drug-likeness (QED) is 0.837. The van der Waals surface area contributed by atoms with Crippen LogP contribution in [0.5, 0.6) is 5.88 Å². The molecule has 1 aliphatic heterocycles. The van der Waals surface area contributed by atoms with Crippen LogP contribution in [0.3, 0.4) is 0 Å². The maximum atomic E-state index is 12.5. The van der Waals surface area contributed by atoms with E-state index < -0.39 is 6.10 Å². The lowest BCUT2D eigenvalue weighted by Crippen LogP contribution is -2.48. The number of nitrogens with one attached hydrogen (secondary N) is 1. The fourth-order valence-electron chi connectivity index (χ4n) is 2.40. The number of amides is 2. The van der Waals surface area contributed by atoms with Gasteiger partial charge in [-0.05, 0) is 13.8 Å². The summed E-state index contributed by atoms with van der Waals surface area (Å²) in [7, 11) is 3.28. The van der Waals surface area contributed by atoms with Gasteiger partial charge in [0.1, 0.15) is 5.69 Å². The van der Waals surface area contributed by atoms with Crippen molar-refractivity contribution in [3.63, 3.8) is 0 Å². The van der Waals surface area contributed by atoms with Crippen molar-refractivity contribution in [2.75, 3.05) is 32.2 Å². The molecule has 1 saturated heterocycles. The number of likely N-dealkylation sites (N-methyl/N-ethyl adjacent to an activating group) is 1. The normalized spacial score (nSPS) is 21.4. The van der Waals surface area contributed by atoms with Crippen LogP contribution in [-0.2, 0) is 11.8 Å². The summed E-state index contributed by atoms with van der Waals surface area (Å²) in [5.41, 5.74) is 1.33. The molecule has 2 rings (SSSR count). The molecule has 0 saturated carbocycles. The van der Waals surface area contributed by atoms with Crippen molar-refractivity contribution in [3.05, 3.63) is 5.69 Å². The number of ether oxygens (including phenoxy) is 2. The Labute approximate surface area is 123 Å². The minimum absolute atomic E-state index is 0.254. The number of hydrogen-bond acceptors (Lipinski definition) is 5. The molecule has 1 aromatic heterocycles. The summed E-state index contributed by atoms with van der Waals surface area (Å²) in [6.07, 6.45) is -0.660. The lowest BCUT2D eigenvalue weighted by Gasteiger charge is -2.28. The van der Waals surface area contributed by atoms with Gasteiger partial charge in [0.05, 0.1) is 38.2 Å². The van der Waals surface area contributed by atoms with E-state index >= 15 is 0 Å². The van der Waals surface area contributed by atoms with Crippen LogP contribution in [0.2, 0.25) is 0 Å². The second-order valence-electron chi connectivity index (χ2n) is 4.98. The number of carbonyl (C=O) groups excluding carboxylic acids is 1. The summed E-state index contributed by atoms with van der Waals surface area (Å²) in [5, 5.41) is 16.9. The van der Waals surface area contributed by atoms with E-state index in [1.807, 2.05) is 13.8 Å². The van der Waals surface area contributed by atoms with Gasteiger partial charge < -0.3 is 24.8 Å². The molecule has 2 atom stereocenters. The minimum Gasteiger partial charge on any atom is -0.478 e. The van der Waals surface area contributed by atoms with E-state index in [4.69, 9.17) is 9.47 Å². The zero-order chi connectivity index (χ0) is 15.6. The summed E-state index contributed by atoms with van der Waals surface area (Å²) in [6, 6.07) is -0.639. The first kappa shape index (κ1) is 15.6. The molecule has 1 aliphatic rings. The first-order valence-electron chi connectivity index (χ1n) is 6.90. The Balaban J connectivity index is 2.16. The smallest absolute Gasteiger partial charge is 0.322 e. The molecule has 118 valence electrons. The van der Waals surface area contributed by atoms with Gasteiger partial charge in [0.15, 0.2) is 0 Å². The number of aliphatic hydroxyl groups excluding tert-OH is 1. The highest BCUT2D eigenvalue weighted by Gasteiger charge is 2.34. The molecule has 2 N–H and O–H groups in total. The maximum Gasteiger partial charge on any atom is 0.322 e. The second kappa shape index (κ2) is 6.31. The molecule has 0 spiro atoms. The highest BCUT2D eigenvalue weighted by atomic mass is 16.5. The van der Waals surface area contributed by atoms with Crippen molar-refractivity contribution in [1.82, 2.24) is 14.7 Å². The maximum absolute atomic E-state index is 12.5. The van der Waals surface area contributed by atoms with Gasteiger partial charge in [0.25, 0.3) is 5.88 Å². The Morgan fingerprint density at radius 2 is 2.33 bits per heavy atom. The highest BCUT2D eigenvalue weighted by Crippen LogP contribution is 2.27. The van der Waals surface area contributed by atoms with E-state index in [1.54, 1.807) is 16.6 Å². The van der Waals surface area contributed by atoms with Crippen LogP contribution in [0.1, 0.15) is 12.6 Å². The fourth-order valence-corrected chi connectivity index (χ4v) is 2.40. The van der Waals surface area contributed by atoms with Crippen molar-refractivity contribution in [2.24, 2.45) is 7.05 Å². The van der Waals surface area contributed by atoms with Crippen molar-refractivity contribution < 1.29 is 19.4 Å². The van der Waals surface area contributed by atoms with Crippen LogP contribution in [0.15, 0.2) is 0 Å². The molecule has 0 aromatic carbocycles. The van der Waals surface area contributed by atoms with E-state index in [1.165, 1.54) is 7.11 Å². The molecule has 21 heavy (non-hydrogen) atoms. The first-order chi connectivity index (χ1) is 9.99. The molecule has 0 unspecified atom stereocenters. The number of anilines is 1. The average molecular weight is 298 g/mol. The van der Waals surface area contributed by atoms with Crippen molar-refractivity contribution in [2.45, 2.75) is 26.0 Å². The largest absolute Gasteiger partial charge is 0.478 e. The highest BCUT2D eigenvalue weighted by molar-refractivity contribution is 5.91. The van der Waals surface area contributed by atoms with Crippen LogP contribution < -0.4 is 10.1 Å². The monoisotopic (exact) mass is 298 g/mol. The Kier molecular flexibility index (Phi) is 4.69. The predicted octanol–water partition coefficient (Wildman–Crippen LogP) is 0.351. The molecule has 0 radical (unpaired) electrons. The lowest BCUT2D eigenvalue weighted by atomic mass is 10.2. The van der Waals surface area contributed by atoms with Gasteiger partial charge in [-0.3, -0.25) is 4.68 Å². The van der Waals surface area contributed by atoms with Crippen LogP contribution in [0.4, 0.5) is 10.5 Å². The lowest BCUT2D eigenvalue weighted by molar-refractivity contribution is 0.1000. The van der Waals surface area contributed by atoms with Crippen molar-refractivity contribution in [3.8, 4) is 5.88 Å². The third-order valence-corrected chi connectivity index (χ3v) is 3.75. The molecule has 0 aliphatic carbocycles. The Morgan fingerprint density at radius 3 is 2.86 bits per heavy atom. The van der Waals surface area contributed by atoms with Crippen LogP contribution in [0.25, 0.3) is 0 Å². The predicted molar refractivity (Wildman–Crippen MR) is 76.5 cm³/mol. The second-order valence-corrected chi connectivity index (χ2v) is 4.98. The number of carbonyl (C=O) groups is 1. The van der Waals surface area contributed by atoms with Crippen molar-refractivity contribution in [1.29, 1.82) is 0 Å². The van der Waals surface area contributed by atoms with Gasteiger partial charge in [-0.1, -0.05) is 0 Å². The Bertz CT molecular complexity index is 517. The van der Waals surface area contributed by atoms with Crippen LogP contribution in [-0.4, -0.2) is 64.8 Å². The summed E-state index contributed by atoms with van der Waals surface area (Å²) in [5.74, 6) is 0.364. The summed E-state index contributed by atoms with van der Waals surface area (Å²) < 4.78 is 12.0. The number of aliphatic hydroxyl groups is 1.